The third-order valence-electron chi connectivity index (χ3n) is 6.93. The summed E-state index contributed by atoms with van der Waals surface area (Å²) in [6, 6.07) is 13.1. The Labute approximate surface area is 310 Å². The summed E-state index contributed by atoms with van der Waals surface area (Å²) in [5.74, 6) is -0.545. The van der Waals surface area contributed by atoms with Crippen molar-refractivity contribution in [2.75, 3.05) is 11.5 Å². The third-order valence-corrected chi connectivity index (χ3v) is 12.1. The van der Waals surface area contributed by atoms with Gasteiger partial charge in [-0.05, 0) is 90.3 Å². The van der Waals surface area contributed by atoms with Crippen LogP contribution in [0.4, 0.5) is 26.3 Å². The number of nitrogens with zero attached hydrogens (tertiary/aromatic N) is 4. The van der Waals surface area contributed by atoms with Crippen molar-refractivity contribution in [3.63, 3.8) is 0 Å². The van der Waals surface area contributed by atoms with E-state index in [0.717, 1.165) is 0 Å². The van der Waals surface area contributed by atoms with Crippen LogP contribution >= 0.6 is 35.1 Å². The fraction of sp³-hybridized carbons (Fsp3) is 0.188. The van der Waals surface area contributed by atoms with Crippen molar-refractivity contribution in [3.05, 3.63) is 78.1 Å². The van der Waals surface area contributed by atoms with Gasteiger partial charge < -0.3 is 8.83 Å². The zero-order chi connectivity index (χ0) is 38.9. The van der Waals surface area contributed by atoms with Gasteiger partial charge in [-0.1, -0.05) is 32.0 Å². The van der Waals surface area contributed by atoms with Gasteiger partial charge in [0.1, 0.15) is 27.6 Å². The highest BCUT2D eigenvalue weighted by Crippen LogP contribution is 2.40. The number of thioether (sulfide) groups is 2. The smallest absolute Gasteiger partial charge is 0.435 e. The van der Waals surface area contributed by atoms with Crippen LogP contribution in [0.3, 0.4) is 0 Å². The zero-order valence-electron chi connectivity index (χ0n) is 27.0. The molecule has 6 rings (SSSR count). The number of benzene rings is 2. The Hall–Kier alpha value is -4.11. The normalized spacial score (nSPS) is 12.5. The number of hydrogen-bond acceptors (Lipinski definition) is 12. The van der Waals surface area contributed by atoms with Gasteiger partial charge in [-0.15, -0.1) is 0 Å². The third kappa shape index (κ3) is 9.71. The number of fused-ring (bicyclic) bond motifs is 2. The molecule has 0 amide bonds. The van der Waals surface area contributed by atoms with E-state index in [0.29, 0.717) is 5.69 Å². The minimum Gasteiger partial charge on any atom is -0.435 e. The largest absolute Gasteiger partial charge is 0.446 e. The summed E-state index contributed by atoms with van der Waals surface area (Å²) < 4.78 is 135. The van der Waals surface area contributed by atoms with E-state index in [2.05, 4.69) is 26.5 Å². The Balaban J connectivity index is 0.000000204. The Kier molecular flexibility index (Phi) is 11.6. The summed E-state index contributed by atoms with van der Waals surface area (Å²) in [5, 5.41) is 0.0330. The van der Waals surface area contributed by atoms with Crippen LogP contribution in [0.2, 0.25) is 5.15 Å². The standard InChI is InChI=1S/C17H13F3N2O3S2.C15H10ClF3N2O3S2/c1-3-10-5-8-14(27(23,24)4-2)15(21-10)16-22-12-9-11(26-17(18,19)20)6-7-13(12)25-16;1-2-26(22,23)11-5-6-12(16)21-13(11)14-20-9-7-8(25-15(17,18)19)3-4-10(9)24-14/h3,5-9H,1,4H2,2H3;3-7H,2H2,1H3. The molecule has 0 fully saturated rings. The molecule has 0 spiro atoms. The highest BCUT2D eigenvalue weighted by Gasteiger charge is 2.31. The molecular weight excluding hydrogens is 814 g/mol. The number of oxazole rings is 2. The molecule has 2 aromatic carbocycles. The SMILES string of the molecule is C=Cc1ccc(S(=O)(=O)CC)c(-c2nc3cc(SC(F)(F)F)ccc3o2)n1.CCS(=O)(=O)c1ccc(Cl)nc1-c1nc2cc(SC(F)(F)F)ccc2o1. The molecule has 4 heterocycles. The first-order valence-corrected chi connectivity index (χ1v) is 20.1. The van der Waals surface area contributed by atoms with Crippen LogP contribution in [0.5, 0.6) is 0 Å². The summed E-state index contributed by atoms with van der Waals surface area (Å²) in [6.45, 7) is 6.56. The number of aromatic nitrogens is 4. The Bertz CT molecular complexity index is 2560. The molecular formula is C32H23ClF6N4O6S4. The number of sulfone groups is 2. The van der Waals surface area contributed by atoms with Gasteiger partial charge in [0.25, 0.3) is 0 Å². The van der Waals surface area contributed by atoms with Crippen molar-refractivity contribution in [1.29, 1.82) is 0 Å². The van der Waals surface area contributed by atoms with Crippen LogP contribution in [0.15, 0.2) is 95.7 Å². The van der Waals surface area contributed by atoms with Crippen LogP contribution < -0.4 is 0 Å². The summed E-state index contributed by atoms with van der Waals surface area (Å²) in [4.78, 5) is 16.1. The molecule has 6 aromatic rings. The number of alkyl halides is 6. The van der Waals surface area contributed by atoms with Gasteiger partial charge in [0.15, 0.2) is 30.8 Å². The molecule has 0 aliphatic carbocycles. The predicted octanol–water partition coefficient (Wildman–Crippen LogP) is 9.89. The van der Waals surface area contributed by atoms with Gasteiger partial charge in [0.05, 0.1) is 27.0 Å². The van der Waals surface area contributed by atoms with E-state index in [1.807, 2.05) is 0 Å². The van der Waals surface area contributed by atoms with Crippen molar-refractivity contribution in [2.45, 2.75) is 44.4 Å². The van der Waals surface area contributed by atoms with Gasteiger partial charge >= 0.3 is 11.0 Å². The minimum atomic E-state index is -4.43. The van der Waals surface area contributed by atoms with Crippen molar-refractivity contribution in [2.24, 2.45) is 0 Å². The lowest BCUT2D eigenvalue weighted by molar-refractivity contribution is -0.0337. The van der Waals surface area contributed by atoms with Gasteiger partial charge in [0, 0.05) is 9.79 Å². The highest BCUT2D eigenvalue weighted by atomic mass is 35.5. The molecule has 21 heteroatoms. The molecule has 0 saturated heterocycles. The summed E-state index contributed by atoms with van der Waals surface area (Å²) in [7, 11) is -7.26. The van der Waals surface area contributed by atoms with E-state index in [-0.39, 0.29) is 105 Å². The summed E-state index contributed by atoms with van der Waals surface area (Å²) in [6.07, 6.45) is 1.44. The van der Waals surface area contributed by atoms with Crippen LogP contribution in [0, 0.1) is 0 Å². The van der Waals surface area contributed by atoms with Crippen molar-refractivity contribution in [3.8, 4) is 23.2 Å². The number of hydrogen-bond donors (Lipinski definition) is 0. The quantitative estimate of drug-likeness (QED) is 0.0776. The van der Waals surface area contributed by atoms with E-state index in [4.69, 9.17) is 20.4 Å². The highest BCUT2D eigenvalue weighted by molar-refractivity contribution is 8.00. The van der Waals surface area contributed by atoms with E-state index in [9.17, 15) is 43.2 Å². The average Bonchev–Trinajstić information content (AvgIpc) is 3.70. The Morgan fingerprint density at radius 1 is 0.679 bits per heavy atom. The lowest BCUT2D eigenvalue weighted by atomic mass is 10.3. The lowest BCUT2D eigenvalue weighted by Gasteiger charge is -2.06. The molecule has 0 unspecified atom stereocenters. The second kappa shape index (κ2) is 15.3. The summed E-state index contributed by atoms with van der Waals surface area (Å²) >= 11 is 5.30. The summed E-state index contributed by atoms with van der Waals surface area (Å²) in [5.41, 5.74) is -7.79. The van der Waals surface area contributed by atoms with Crippen molar-refractivity contribution >= 4 is 83.1 Å². The first kappa shape index (κ1) is 40.1. The van der Waals surface area contributed by atoms with Crippen molar-refractivity contribution < 1.29 is 52.0 Å². The minimum absolute atomic E-state index is 0.00419. The zero-order valence-corrected chi connectivity index (χ0v) is 31.0. The molecule has 0 saturated carbocycles. The van der Waals surface area contributed by atoms with Crippen molar-refractivity contribution in [1.82, 2.24) is 19.9 Å². The van der Waals surface area contributed by atoms with Crippen LogP contribution in [-0.4, -0.2) is 59.3 Å². The molecule has 0 atom stereocenters. The van der Waals surface area contributed by atoms with Crippen LogP contribution in [0.25, 0.3) is 51.4 Å². The first-order valence-electron chi connectivity index (χ1n) is 14.8. The monoisotopic (exact) mass is 836 g/mol. The second-order valence-electron chi connectivity index (χ2n) is 10.5. The van der Waals surface area contributed by atoms with Gasteiger partial charge in [-0.25, -0.2) is 36.8 Å². The predicted molar refractivity (Wildman–Crippen MR) is 189 cm³/mol. The van der Waals surface area contributed by atoms with Crippen LogP contribution in [-0.2, 0) is 19.7 Å². The molecule has 4 aromatic heterocycles. The number of halogens is 7. The number of pyridine rings is 2. The van der Waals surface area contributed by atoms with E-state index in [1.54, 1.807) is 0 Å². The van der Waals surface area contributed by atoms with Crippen LogP contribution in [0.1, 0.15) is 19.5 Å². The topological polar surface area (TPSA) is 146 Å². The first-order chi connectivity index (χ1) is 24.7. The maximum atomic E-state index is 12.6. The second-order valence-corrected chi connectivity index (χ2v) is 17.6. The Morgan fingerprint density at radius 2 is 1.11 bits per heavy atom. The molecule has 0 radical (unpaired) electrons. The molecule has 10 nitrogen and oxygen atoms in total. The lowest BCUT2D eigenvalue weighted by Crippen LogP contribution is -2.07. The molecule has 280 valence electrons. The van der Waals surface area contributed by atoms with Gasteiger partial charge in [0.2, 0.25) is 11.8 Å². The van der Waals surface area contributed by atoms with E-state index < -0.39 is 30.7 Å². The maximum absolute atomic E-state index is 12.6. The molecule has 53 heavy (non-hydrogen) atoms. The molecule has 0 aliphatic rings. The fourth-order valence-corrected chi connectivity index (χ4v) is 7.85. The molecule has 0 aliphatic heterocycles. The van der Waals surface area contributed by atoms with E-state index in [1.165, 1.54) is 80.6 Å². The average molecular weight is 837 g/mol. The maximum Gasteiger partial charge on any atom is 0.446 e. The fourth-order valence-electron chi connectivity index (χ4n) is 4.53. The Morgan fingerprint density at radius 3 is 1.53 bits per heavy atom. The van der Waals surface area contributed by atoms with Gasteiger partial charge in [-0.3, -0.25) is 0 Å². The molecule has 0 N–H and O–H groups in total. The number of rotatable bonds is 9. The van der Waals surface area contributed by atoms with Gasteiger partial charge in [-0.2, -0.15) is 26.3 Å². The van der Waals surface area contributed by atoms with E-state index >= 15 is 0 Å². The molecule has 0 bridgehead atoms.